The van der Waals surface area contributed by atoms with Crippen molar-refractivity contribution >= 4 is 29.0 Å². The van der Waals surface area contributed by atoms with E-state index < -0.39 is 0 Å². The van der Waals surface area contributed by atoms with Crippen molar-refractivity contribution in [2.75, 3.05) is 4.90 Å². The molecule has 0 spiro atoms. The molecule has 0 N–H and O–H groups in total. The van der Waals surface area contributed by atoms with Gasteiger partial charge in [-0.2, -0.15) is 0 Å². The van der Waals surface area contributed by atoms with Crippen LogP contribution < -0.4 is 4.90 Å². The first kappa shape index (κ1) is 10.9. The standard InChI is InChI=1S/C12H10ClNO2/c1-8-6-9(15)7-12(16)14(8)11-5-3-2-4-10(11)13/h2-6H,7H2,1H3. The van der Waals surface area contributed by atoms with Crippen LogP contribution in [0.3, 0.4) is 0 Å². The second-order valence-corrected chi connectivity index (χ2v) is 4.02. The zero-order chi connectivity index (χ0) is 11.7. The molecule has 0 aromatic heterocycles. The Kier molecular flexibility index (Phi) is 2.79. The third-order valence-corrected chi connectivity index (χ3v) is 2.71. The smallest absolute Gasteiger partial charge is 0.239 e. The number of anilines is 1. The van der Waals surface area contributed by atoms with Crippen molar-refractivity contribution in [1.29, 1.82) is 0 Å². The Morgan fingerprint density at radius 2 is 1.94 bits per heavy atom. The average molecular weight is 236 g/mol. The molecule has 1 aromatic rings. The van der Waals surface area contributed by atoms with Crippen molar-refractivity contribution in [2.24, 2.45) is 0 Å². The normalized spacial score (nSPS) is 16.4. The number of halogens is 1. The number of carbonyl (C=O) groups excluding carboxylic acids is 2. The third-order valence-electron chi connectivity index (χ3n) is 2.39. The molecule has 0 saturated carbocycles. The molecule has 0 aliphatic carbocycles. The number of benzene rings is 1. The van der Waals surface area contributed by atoms with Gasteiger partial charge in [-0.25, -0.2) is 0 Å². The van der Waals surface area contributed by atoms with E-state index in [-0.39, 0.29) is 18.1 Å². The maximum absolute atomic E-state index is 11.8. The van der Waals surface area contributed by atoms with E-state index in [0.717, 1.165) is 0 Å². The van der Waals surface area contributed by atoms with Gasteiger partial charge >= 0.3 is 0 Å². The molecule has 0 radical (unpaired) electrons. The predicted molar refractivity (Wildman–Crippen MR) is 62.3 cm³/mol. The van der Waals surface area contributed by atoms with Gasteiger partial charge in [-0.3, -0.25) is 14.5 Å². The topological polar surface area (TPSA) is 37.4 Å². The van der Waals surface area contributed by atoms with Gasteiger partial charge in [0.15, 0.2) is 5.78 Å². The fraction of sp³-hybridized carbons (Fsp3) is 0.167. The van der Waals surface area contributed by atoms with E-state index in [4.69, 9.17) is 11.6 Å². The molecule has 0 unspecified atom stereocenters. The van der Waals surface area contributed by atoms with E-state index in [0.29, 0.717) is 16.4 Å². The zero-order valence-corrected chi connectivity index (χ0v) is 9.49. The third kappa shape index (κ3) is 1.86. The molecule has 2 rings (SSSR count). The zero-order valence-electron chi connectivity index (χ0n) is 8.74. The summed E-state index contributed by atoms with van der Waals surface area (Å²) >= 11 is 6.02. The summed E-state index contributed by atoms with van der Waals surface area (Å²) in [7, 11) is 0. The molecule has 1 amide bonds. The van der Waals surface area contributed by atoms with E-state index >= 15 is 0 Å². The molecule has 16 heavy (non-hydrogen) atoms. The van der Waals surface area contributed by atoms with Gasteiger partial charge in [0.1, 0.15) is 0 Å². The first-order valence-electron chi connectivity index (χ1n) is 4.88. The van der Waals surface area contributed by atoms with Gasteiger partial charge in [0.25, 0.3) is 0 Å². The lowest BCUT2D eigenvalue weighted by atomic mass is 10.1. The van der Waals surface area contributed by atoms with Gasteiger partial charge in [0, 0.05) is 11.8 Å². The van der Waals surface area contributed by atoms with Crippen LogP contribution in [-0.2, 0) is 9.59 Å². The monoisotopic (exact) mass is 235 g/mol. The van der Waals surface area contributed by atoms with Crippen LogP contribution in [0.1, 0.15) is 13.3 Å². The first-order valence-corrected chi connectivity index (χ1v) is 5.26. The number of carbonyl (C=O) groups is 2. The molecule has 1 aliphatic heterocycles. The molecule has 4 heteroatoms. The van der Waals surface area contributed by atoms with Crippen LogP contribution in [0.2, 0.25) is 5.02 Å². The molecule has 82 valence electrons. The Morgan fingerprint density at radius 3 is 2.56 bits per heavy atom. The molecule has 1 aliphatic rings. The molecule has 3 nitrogen and oxygen atoms in total. The molecule has 0 bridgehead atoms. The van der Waals surface area contributed by atoms with Crippen molar-refractivity contribution in [3.8, 4) is 0 Å². The van der Waals surface area contributed by atoms with Crippen molar-refractivity contribution < 1.29 is 9.59 Å². The molecular formula is C12H10ClNO2. The summed E-state index contributed by atoms with van der Waals surface area (Å²) in [6.07, 6.45) is 1.37. The Bertz CT molecular complexity index is 494. The molecule has 0 fully saturated rings. The fourth-order valence-corrected chi connectivity index (χ4v) is 1.95. The number of para-hydroxylation sites is 1. The van der Waals surface area contributed by atoms with Gasteiger partial charge in [-0.05, 0) is 19.1 Å². The Labute approximate surface area is 98.3 Å². The van der Waals surface area contributed by atoms with Crippen molar-refractivity contribution in [3.63, 3.8) is 0 Å². The summed E-state index contributed by atoms with van der Waals surface area (Å²) in [5.74, 6) is -0.399. The lowest BCUT2D eigenvalue weighted by Crippen LogP contribution is -2.34. The van der Waals surface area contributed by atoms with Crippen molar-refractivity contribution in [3.05, 3.63) is 41.1 Å². The minimum absolute atomic E-state index is 0.0947. The van der Waals surface area contributed by atoms with Crippen molar-refractivity contribution in [1.82, 2.24) is 0 Å². The number of hydrogen-bond acceptors (Lipinski definition) is 2. The van der Waals surface area contributed by atoms with Gasteiger partial charge in [-0.1, -0.05) is 23.7 Å². The molecular weight excluding hydrogens is 226 g/mol. The fourth-order valence-electron chi connectivity index (χ4n) is 1.73. The quantitative estimate of drug-likeness (QED) is 0.702. The summed E-state index contributed by atoms with van der Waals surface area (Å²) in [6, 6.07) is 7.07. The number of hydrogen-bond donors (Lipinski definition) is 0. The van der Waals surface area contributed by atoms with E-state index in [1.54, 1.807) is 31.2 Å². The largest absolute Gasteiger partial charge is 0.294 e. The second-order valence-electron chi connectivity index (χ2n) is 3.61. The Hall–Kier alpha value is -1.61. The SMILES string of the molecule is CC1=CC(=O)CC(=O)N1c1ccccc1Cl. The van der Waals surface area contributed by atoms with Crippen LogP contribution in [0.4, 0.5) is 5.69 Å². The highest BCUT2D eigenvalue weighted by atomic mass is 35.5. The lowest BCUT2D eigenvalue weighted by Gasteiger charge is -2.26. The number of allylic oxidation sites excluding steroid dienone is 2. The van der Waals surface area contributed by atoms with E-state index in [9.17, 15) is 9.59 Å². The minimum Gasteiger partial charge on any atom is -0.294 e. The number of ketones is 1. The summed E-state index contributed by atoms with van der Waals surface area (Å²) < 4.78 is 0. The Balaban J connectivity index is 2.49. The van der Waals surface area contributed by atoms with Crippen LogP contribution in [0.25, 0.3) is 0 Å². The molecule has 0 atom stereocenters. The summed E-state index contributed by atoms with van der Waals surface area (Å²) in [5, 5.41) is 0.498. The van der Waals surface area contributed by atoms with Crippen LogP contribution in [-0.4, -0.2) is 11.7 Å². The molecule has 1 heterocycles. The predicted octanol–water partition coefficient (Wildman–Crippen LogP) is 2.55. The van der Waals surface area contributed by atoms with Crippen LogP contribution in [0.5, 0.6) is 0 Å². The van der Waals surface area contributed by atoms with Gasteiger partial charge in [0.05, 0.1) is 17.1 Å². The lowest BCUT2D eigenvalue weighted by molar-refractivity contribution is -0.124. The maximum atomic E-state index is 11.8. The van der Waals surface area contributed by atoms with Gasteiger partial charge in [0.2, 0.25) is 5.91 Å². The minimum atomic E-state index is -0.238. The highest BCUT2D eigenvalue weighted by Gasteiger charge is 2.26. The number of nitrogens with zero attached hydrogens (tertiary/aromatic N) is 1. The summed E-state index contributed by atoms with van der Waals surface area (Å²) in [4.78, 5) is 24.4. The second kappa shape index (κ2) is 4.10. The van der Waals surface area contributed by atoms with E-state index in [1.807, 2.05) is 0 Å². The van der Waals surface area contributed by atoms with Gasteiger partial charge < -0.3 is 0 Å². The number of rotatable bonds is 1. The molecule has 1 aromatic carbocycles. The van der Waals surface area contributed by atoms with Crippen LogP contribution in [0.15, 0.2) is 36.0 Å². The summed E-state index contributed by atoms with van der Waals surface area (Å²) in [5.41, 5.74) is 1.23. The number of amides is 1. The van der Waals surface area contributed by atoms with Gasteiger partial charge in [-0.15, -0.1) is 0 Å². The highest BCUT2D eigenvalue weighted by molar-refractivity contribution is 6.34. The molecule has 0 saturated heterocycles. The average Bonchev–Trinajstić information content (AvgIpc) is 2.19. The first-order chi connectivity index (χ1) is 7.59. The van der Waals surface area contributed by atoms with E-state index in [1.165, 1.54) is 11.0 Å². The van der Waals surface area contributed by atoms with Crippen molar-refractivity contribution in [2.45, 2.75) is 13.3 Å². The maximum Gasteiger partial charge on any atom is 0.239 e. The summed E-state index contributed by atoms with van der Waals surface area (Å²) in [6.45, 7) is 1.72. The Morgan fingerprint density at radius 1 is 1.25 bits per heavy atom. The van der Waals surface area contributed by atoms with E-state index in [2.05, 4.69) is 0 Å². The van der Waals surface area contributed by atoms with Crippen LogP contribution in [0, 0.1) is 0 Å². The highest BCUT2D eigenvalue weighted by Crippen LogP contribution is 2.30. The van der Waals surface area contributed by atoms with Crippen LogP contribution >= 0.6 is 11.6 Å².